The van der Waals surface area contributed by atoms with E-state index >= 15 is 0 Å². The second-order valence-corrected chi connectivity index (χ2v) is 25.3. The maximum absolute atomic E-state index is 12.5. The number of carbonyl (C=O) groups excluding carboxylic acids is 3. The Hall–Kier alpha value is -6.91. The summed E-state index contributed by atoms with van der Waals surface area (Å²) in [5.41, 5.74) is 9.54. The van der Waals surface area contributed by atoms with Crippen LogP contribution in [0, 0.1) is 17.8 Å². The number of anilines is 2. The number of benzene rings is 5. The summed E-state index contributed by atoms with van der Waals surface area (Å²) in [6, 6.07) is 47.3. The predicted molar refractivity (Wildman–Crippen MR) is 422 cm³/mol. The number of hydrogen-bond donors (Lipinski definition) is 5. The Morgan fingerprint density at radius 3 is 1.09 bits per heavy atom. The van der Waals surface area contributed by atoms with Crippen LogP contribution >= 0.6 is 0 Å². The molecule has 9 aliphatic heterocycles. The van der Waals surface area contributed by atoms with Crippen molar-refractivity contribution in [1.29, 1.82) is 0 Å². The average Bonchev–Trinajstić information content (AvgIpc) is 1.61. The van der Waals surface area contributed by atoms with E-state index in [2.05, 4.69) is 69.4 Å². The molecule has 9 aliphatic rings. The number of β-amino-alcohol motifs (C(OH)–C–C–N with tert-alkyl or cyclic N) is 1. The van der Waals surface area contributed by atoms with Gasteiger partial charge in [0.2, 0.25) is 17.7 Å². The molecule has 5 aromatic rings. The molecule has 5 N–H and O–H groups in total. The first-order chi connectivity index (χ1) is 49.1. The third-order valence-electron chi connectivity index (χ3n) is 19.6. The van der Waals surface area contributed by atoms with Crippen LogP contribution < -0.4 is 16.0 Å². The molecule has 2 unspecified atom stereocenters. The number of amides is 3. The number of aliphatic hydroxyl groups is 2. The third-order valence-corrected chi connectivity index (χ3v) is 19.6. The summed E-state index contributed by atoms with van der Waals surface area (Å²) in [7, 11) is 0. The third kappa shape index (κ3) is 27.5. The van der Waals surface area contributed by atoms with Gasteiger partial charge in [-0.15, -0.1) is 0 Å². The van der Waals surface area contributed by atoms with Crippen molar-refractivity contribution in [2.75, 3.05) is 116 Å². The summed E-state index contributed by atoms with van der Waals surface area (Å²) in [4.78, 5) is 44.9. The number of epoxide rings is 2. The number of likely N-dealkylation sites (tertiary alicyclic amines) is 4. The lowest BCUT2D eigenvalue weighted by atomic mass is 9.74. The topological polar surface area (TPSA) is 166 Å². The Labute approximate surface area is 605 Å². The number of ether oxygens (including phenoxy) is 2. The summed E-state index contributed by atoms with van der Waals surface area (Å²) in [6.45, 7) is 40.0. The molecule has 14 heteroatoms. The highest BCUT2D eigenvalue weighted by atomic mass is 16.6. The van der Waals surface area contributed by atoms with Crippen LogP contribution in [0.5, 0.6) is 0 Å². The van der Waals surface area contributed by atoms with Gasteiger partial charge in [0.15, 0.2) is 0 Å². The van der Waals surface area contributed by atoms with Gasteiger partial charge in [-0.05, 0) is 173 Å². The molecule has 3 atom stereocenters. The molecule has 14 nitrogen and oxygen atoms in total. The summed E-state index contributed by atoms with van der Waals surface area (Å²) < 4.78 is 10.7. The van der Waals surface area contributed by atoms with Gasteiger partial charge in [-0.2, -0.15) is 0 Å². The van der Waals surface area contributed by atoms with Crippen LogP contribution in [0.2, 0.25) is 0 Å². The Kier molecular flexibility index (Phi) is 41.8. The molecular formula is C86H131N7O7. The summed E-state index contributed by atoms with van der Waals surface area (Å²) in [5.74, 6) is 1.93. The minimum atomic E-state index is -0.315. The van der Waals surface area contributed by atoms with E-state index in [-0.39, 0.29) is 41.8 Å². The smallest absolute Gasteiger partial charge is 0.246 e. The summed E-state index contributed by atoms with van der Waals surface area (Å²) in [6.07, 6.45) is 22.3. The van der Waals surface area contributed by atoms with E-state index in [9.17, 15) is 19.5 Å². The number of rotatable bonds is 11. The van der Waals surface area contributed by atoms with Crippen molar-refractivity contribution >= 4 is 47.3 Å². The number of fused-ring (bicyclic) bond motifs is 4. The van der Waals surface area contributed by atoms with Gasteiger partial charge in [0.25, 0.3) is 0 Å². The second kappa shape index (κ2) is 48.8. The SMILES string of the molecule is CC.CC.CC.CC.CC.CC.CCO.O=C(/C=C/c1ccccc1)N1CCC(C2CO2)CC1.O=C(/C=C/c1ccccc1)N1CCC(C2CO2)CC1.O=C(/C=C/c1ccccc1)N1CCC([C@H](O)CN2CCC3(CC2)CNc2ccccc23)CC1.c1ccc2c(c1)NCC21CCNCC1. The zero-order valence-electron chi connectivity index (χ0n) is 63.8. The summed E-state index contributed by atoms with van der Waals surface area (Å²) >= 11 is 0. The molecular weight excluding hydrogens is 1240 g/mol. The largest absolute Gasteiger partial charge is 0.397 e. The number of piperidine rings is 5. The number of carbonyl (C=O) groups is 3. The Bertz CT molecular complexity index is 2950. The molecule has 0 aliphatic carbocycles. The van der Waals surface area contributed by atoms with Crippen molar-refractivity contribution in [3.63, 3.8) is 0 Å². The minimum Gasteiger partial charge on any atom is -0.397 e. The van der Waals surface area contributed by atoms with E-state index in [1.165, 1.54) is 29.8 Å². The quantitative estimate of drug-likeness (QED) is 0.0631. The van der Waals surface area contributed by atoms with Crippen LogP contribution in [0.25, 0.3) is 18.2 Å². The minimum absolute atomic E-state index is 0.0681. The van der Waals surface area contributed by atoms with Gasteiger partial charge in [-0.25, -0.2) is 0 Å². The van der Waals surface area contributed by atoms with E-state index in [0.717, 1.165) is 166 Å². The average molecular weight is 1380 g/mol. The van der Waals surface area contributed by atoms with Gasteiger partial charge in [0.05, 0.1) is 31.5 Å². The lowest BCUT2D eigenvalue weighted by Gasteiger charge is -2.41. The van der Waals surface area contributed by atoms with Crippen molar-refractivity contribution in [3.8, 4) is 0 Å². The van der Waals surface area contributed by atoms with Crippen molar-refractivity contribution < 1.29 is 34.1 Å². The Balaban J connectivity index is 0.000000276. The molecule has 100 heavy (non-hydrogen) atoms. The Morgan fingerprint density at radius 1 is 0.460 bits per heavy atom. The van der Waals surface area contributed by atoms with Crippen molar-refractivity contribution in [2.24, 2.45) is 17.8 Å². The van der Waals surface area contributed by atoms with Crippen molar-refractivity contribution in [3.05, 3.63) is 186 Å². The monoisotopic (exact) mass is 1370 g/mol. The fourth-order valence-electron chi connectivity index (χ4n) is 13.9. The van der Waals surface area contributed by atoms with Crippen LogP contribution in [0.15, 0.2) is 158 Å². The van der Waals surface area contributed by atoms with Crippen LogP contribution in [0.1, 0.15) is 182 Å². The number of hydrogen-bond acceptors (Lipinski definition) is 11. The first-order valence-electron chi connectivity index (χ1n) is 38.8. The highest BCUT2D eigenvalue weighted by Gasteiger charge is 2.43. The zero-order chi connectivity index (χ0) is 73.0. The number of aliphatic hydroxyl groups excluding tert-OH is 2. The highest BCUT2D eigenvalue weighted by molar-refractivity contribution is 5.93. The molecule has 3 amide bonds. The number of nitrogens with zero attached hydrogens (tertiary/aromatic N) is 4. The summed E-state index contributed by atoms with van der Waals surface area (Å²) in [5, 5.41) is 29.1. The molecule has 2 spiro atoms. The molecule has 9 heterocycles. The first kappa shape index (κ1) is 85.5. The fraction of sp³-hybridized carbons (Fsp3) is 0.547. The lowest BCUT2D eigenvalue weighted by molar-refractivity contribution is -0.128. The Morgan fingerprint density at radius 2 is 0.760 bits per heavy atom. The molecule has 0 saturated carbocycles. The van der Waals surface area contributed by atoms with E-state index in [1.807, 2.05) is 207 Å². The van der Waals surface area contributed by atoms with Gasteiger partial charge in [0, 0.05) is 106 Å². The van der Waals surface area contributed by atoms with Crippen molar-refractivity contribution in [2.45, 2.75) is 183 Å². The number of nitrogens with one attached hydrogen (secondary N) is 3. The normalized spacial score (nSPS) is 20.0. The van der Waals surface area contributed by atoms with E-state index < -0.39 is 0 Å². The first-order valence-corrected chi connectivity index (χ1v) is 38.8. The predicted octanol–water partition coefficient (Wildman–Crippen LogP) is 16.3. The zero-order valence-corrected chi connectivity index (χ0v) is 63.8. The second-order valence-electron chi connectivity index (χ2n) is 25.3. The molecule has 7 fully saturated rings. The van der Waals surface area contributed by atoms with Crippen molar-refractivity contribution in [1.82, 2.24) is 24.9 Å². The highest BCUT2D eigenvalue weighted by Crippen LogP contribution is 2.45. The van der Waals surface area contributed by atoms with Crippen LogP contribution in [-0.4, -0.2) is 171 Å². The molecule has 7 saturated heterocycles. The molecule has 552 valence electrons. The van der Waals surface area contributed by atoms with Gasteiger partial charge >= 0.3 is 0 Å². The standard InChI is InChI=1S/C28H35N3O2.2C16H19NO2.C12H16N2.C2H6O.6C2H6/c32-26(20-30-18-14-28(15-19-30)21-29-25-9-5-4-8-24(25)28)23-12-16-31(17-13-23)27(33)11-10-22-6-2-1-3-7-22;2*18-16(7-6-13-4-2-1-3-5-13)17-10-8-14(9-11-17)15-12-19-15;1-2-4-11-10(3-1)12(9-14-11)5-7-13-8-6-12;1-2-3;6*1-2/h1-11,23,26,29,32H,12-21H2;2*1-7,14-15H,8-12H2;1-4,13-14H,5-9H2;3H,2H2,1H3;6*1-2H3/b11-10+;2*7-6+;;;;;;;;/t26-;;;;;;;;;;/m1........../s1. The van der Waals surface area contributed by atoms with Crippen LogP contribution in [0.4, 0.5) is 11.4 Å². The van der Waals surface area contributed by atoms with Gasteiger partial charge in [0.1, 0.15) is 0 Å². The lowest BCUT2D eigenvalue weighted by Crippen LogP contribution is -2.48. The molecule has 14 rings (SSSR count). The van der Waals surface area contributed by atoms with Gasteiger partial charge < -0.3 is 55.2 Å². The van der Waals surface area contributed by atoms with Crippen LogP contribution in [0.3, 0.4) is 0 Å². The fourth-order valence-corrected chi connectivity index (χ4v) is 13.9. The molecule has 0 aromatic heterocycles. The van der Waals surface area contributed by atoms with Gasteiger partial charge in [-0.1, -0.05) is 210 Å². The maximum Gasteiger partial charge on any atom is 0.246 e. The van der Waals surface area contributed by atoms with E-state index in [1.54, 1.807) is 30.7 Å². The number of para-hydroxylation sites is 2. The molecule has 5 aromatic carbocycles. The molecule has 0 radical (unpaired) electrons. The maximum atomic E-state index is 12.5. The van der Waals surface area contributed by atoms with E-state index in [0.29, 0.717) is 29.5 Å². The van der Waals surface area contributed by atoms with Crippen LogP contribution in [-0.2, 0) is 34.7 Å². The van der Waals surface area contributed by atoms with Gasteiger partial charge in [-0.3, -0.25) is 14.4 Å². The van der Waals surface area contributed by atoms with E-state index in [4.69, 9.17) is 14.6 Å². The molecule has 0 bridgehead atoms.